The molecular weight excluding hydrogens is 364 g/mol. The number of allylic oxidation sites excluding steroid dienone is 2. The maximum Gasteiger partial charge on any atom is 0.341 e. The molecule has 0 saturated heterocycles. The SMILES string of the molecule is CCC(=O)COC(=O)C1=C(OCC(C)C(=O)COC(C)=O)CC(Cl)C=C1. The predicted molar refractivity (Wildman–Crippen MR) is 93.4 cm³/mol. The zero-order valence-electron chi connectivity index (χ0n) is 15.1. The van der Waals surface area contributed by atoms with E-state index in [0.29, 0.717) is 5.76 Å². The van der Waals surface area contributed by atoms with E-state index in [-0.39, 0.29) is 55.2 Å². The highest BCUT2D eigenvalue weighted by Gasteiger charge is 2.24. The summed E-state index contributed by atoms with van der Waals surface area (Å²) in [6.07, 6.45) is 3.65. The Morgan fingerprint density at radius 3 is 2.54 bits per heavy atom. The quantitative estimate of drug-likeness (QED) is 0.419. The molecule has 0 aliphatic heterocycles. The first-order valence-electron chi connectivity index (χ1n) is 8.27. The van der Waals surface area contributed by atoms with E-state index in [2.05, 4.69) is 4.74 Å². The number of ketones is 2. The zero-order valence-corrected chi connectivity index (χ0v) is 15.8. The lowest BCUT2D eigenvalue weighted by molar-refractivity contribution is -0.147. The van der Waals surface area contributed by atoms with Gasteiger partial charge in [0.1, 0.15) is 19.0 Å². The number of carbonyl (C=O) groups is 4. The molecule has 0 spiro atoms. The molecule has 0 aromatic rings. The van der Waals surface area contributed by atoms with E-state index >= 15 is 0 Å². The molecule has 2 unspecified atom stereocenters. The highest BCUT2D eigenvalue weighted by Crippen LogP contribution is 2.25. The van der Waals surface area contributed by atoms with Crippen molar-refractivity contribution in [3.8, 4) is 0 Å². The van der Waals surface area contributed by atoms with Crippen LogP contribution in [0.1, 0.15) is 33.6 Å². The fourth-order valence-electron chi connectivity index (χ4n) is 1.93. The molecule has 0 N–H and O–H groups in total. The smallest absolute Gasteiger partial charge is 0.341 e. The highest BCUT2D eigenvalue weighted by molar-refractivity contribution is 6.22. The van der Waals surface area contributed by atoms with Gasteiger partial charge >= 0.3 is 11.9 Å². The van der Waals surface area contributed by atoms with Gasteiger partial charge in [0.05, 0.1) is 23.5 Å². The van der Waals surface area contributed by atoms with Crippen LogP contribution in [-0.4, -0.2) is 48.7 Å². The fraction of sp³-hybridized carbons (Fsp3) is 0.556. The lowest BCUT2D eigenvalue weighted by atomic mass is 10.0. The van der Waals surface area contributed by atoms with Crippen LogP contribution in [0.3, 0.4) is 0 Å². The largest absolute Gasteiger partial charge is 0.496 e. The lowest BCUT2D eigenvalue weighted by Gasteiger charge is -2.20. The van der Waals surface area contributed by atoms with Crippen molar-refractivity contribution in [1.82, 2.24) is 0 Å². The van der Waals surface area contributed by atoms with Crippen molar-refractivity contribution in [3.05, 3.63) is 23.5 Å². The summed E-state index contributed by atoms with van der Waals surface area (Å²) >= 11 is 6.06. The lowest BCUT2D eigenvalue weighted by Crippen LogP contribution is -2.24. The number of carbonyl (C=O) groups excluding carboxylic acids is 4. The second-order valence-electron chi connectivity index (χ2n) is 5.84. The van der Waals surface area contributed by atoms with Gasteiger partial charge < -0.3 is 14.2 Å². The highest BCUT2D eigenvalue weighted by atomic mass is 35.5. The van der Waals surface area contributed by atoms with Crippen molar-refractivity contribution in [2.45, 2.75) is 39.0 Å². The third-order valence-corrected chi connectivity index (χ3v) is 3.91. The molecule has 0 amide bonds. The third kappa shape index (κ3) is 7.39. The van der Waals surface area contributed by atoms with Crippen LogP contribution in [0.25, 0.3) is 0 Å². The molecule has 1 aliphatic carbocycles. The minimum absolute atomic E-state index is 0.00243. The van der Waals surface area contributed by atoms with Crippen molar-refractivity contribution in [2.75, 3.05) is 19.8 Å². The van der Waals surface area contributed by atoms with Gasteiger partial charge in [0.2, 0.25) is 0 Å². The molecule has 2 atom stereocenters. The molecule has 0 saturated carbocycles. The predicted octanol–water partition coefficient (Wildman–Crippen LogP) is 2.12. The van der Waals surface area contributed by atoms with Crippen LogP contribution in [0, 0.1) is 5.92 Å². The Morgan fingerprint density at radius 1 is 1.23 bits per heavy atom. The van der Waals surface area contributed by atoms with E-state index in [1.165, 1.54) is 13.0 Å². The minimum Gasteiger partial charge on any atom is -0.496 e. The molecule has 0 aromatic heterocycles. The molecule has 0 bridgehead atoms. The second-order valence-corrected chi connectivity index (χ2v) is 6.40. The van der Waals surface area contributed by atoms with Gasteiger partial charge in [0.25, 0.3) is 0 Å². The Balaban J connectivity index is 2.70. The van der Waals surface area contributed by atoms with Crippen molar-refractivity contribution in [3.63, 3.8) is 0 Å². The fourth-order valence-corrected chi connectivity index (χ4v) is 2.14. The standard InChI is InChI=1S/C18H23ClO7/c1-4-14(21)9-26-18(23)15-6-5-13(19)7-17(15)25-8-11(2)16(22)10-24-12(3)20/h5-6,11,13H,4,7-10H2,1-3H3. The summed E-state index contributed by atoms with van der Waals surface area (Å²) in [6, 6.07) is 0. The van der Waals surface area contributed by atoms with E-state index in [4.69, 9.17) is 21.1 Å². The number of alkyl halides is 1. The summed E-state index contributed by atoms with van der Waals surface area (Å²) in [4.78, 5) is 46.1. The summed E-state index contributed by atoms with van der Waals surface area (Å²) in [6.45, 7) is 3.89. The van der Waals surface area contributed by atoms with Gasteiger partial charge in [-0.1, -0.05) is 19.9 Å². The van der Waals surface area contributed by atoms with E-state index < -0.39 is 17.9 Å². The molecule has 1 aliphatic rings. The maximum atomic E-state index is 12.2. The molecule has 7 nitrogen and oxygen atoms in total. The van der Waals surface area contributed by atoms with Gasteiger partial charge in [0, 0.05) is 19.8 Å². The first kappa shape index (κ1) is 21.9. The number of halogens is 1. The molecule has 26 heavy (non-hydrogen) atoms. The number of esters is 2. The first-order valence-corrected chi connectivity index (χ1v) is 8.71. The Morgan fingerprint density at radius 2 is 1.92 bits per heavy atom. The molecule has 144 valence electrons. The number of hydrogen-bond acceptors (Lipinski definition) is 7. The maximum absolute atomic E-state index is 12.2. The summed E-state index contributed by atoms with van der Waals surface area (Å²) in [5.41, 5.74) is 0.172. The van der Waals surface area contributed by atoms with Crippen LogP contribution >= 0.6 is 11.6 Å². The summed E-state index contributed by atoms with van der Waals surface area (Å²) in [5.74, 6) is -1.95. The van der Waals surface area contributed by atoms with Gasteiger partial charge in [-0.25, -0.2) is 4.79 Å². The number of rotatable bonds is 10. The van der Waals surface area contributed by atoms with Gasteiger partial charge in [-0.05, 0) is 6.08 Å². The van der Waals surface area contributed by atoms with Crippen LogP contribution in [0.5, 0.6) is 0 Å². The van der Waals surface area contributed by atoms with Crippen LogP contribution in [0.15, 0.2) is 23.5 Å². The average molecular weight is 387 g/mol. The molecule has 0 heterocycles. The monoisotopic (exact) mass is 386 g/mol. The third-order valence-electron chi connectivity index (χ3n) is 3.61. The van der Waals surface area contributed by atoms with Crippen molar-refractivity contribution in [1.29, 1.82) is 0 Å². The van der Waals surface area contributed by atoms with Crippen molar-refractivity contribution < 1.29 is 33.4 Å². The van der Waals surface area contributed by atoms with Gasteiger partial charge in [-0.3, -0.25) is 14.4 Å². The van der Waals surface area contributed by atoms with Gasteiger partial charge in [-0.15, -0.1) is 11.6 Å². The Labute approximate surface area is 157 Å². The topological polar surface area (TPSA) is 96.0 Å². The van der Waals surface area contributed by atoms with Crippen LogP contribution in [-0.2, 0) is 33.4 Å². The van der Waals surface area contributed by atoms with E-state index in [1.54, 1.807) is 19.9 Å². The van der Waals surface area contributed by atoms with Gasteiger partial charge in [-0.2, -0.15) is 0 Å². The first-order chi connectivity index (χ1) is 12.2. The summed E-state index contributed by atoms with van der Waals surface area (Å²) in [7, 11) is 0. The summed E-state index contributed by atoms with van der Waals surface area (Å²) < 4.78 is 15.2. The normalized spacial score (nSPS) is 17.5. The van der Waals surface area contributed by atoms with Crippen molar-refractivity contribution >= 4 is 35.1 Å². The Hall–Kier alpha value is -2.15. The van der Waals surface area contributed by atoms with Gasteiger partial charge in [0.15, 0.2) is 11.6 Å². The Kier molecular flexibility index (Phi) is 9.05. The zero-order chi connectivity index (χ0) is 19.7. The minimum atomic E-state index is -0.680. The average Bonchev–Trinajstić information content (AvgIpc) is 2.61. The van der Waals surface area contributed by atoms with E-state index in [9.17, 15) is 19.2 Å². The molecule has 1 rings (SSSR count). The number of ether oxygens (including phenoxy) is 3. The second kappa shape index (κ2) is 10.8. The van der Waals surface area contributed by atoms with E-state index in [1.807, 2.05) is 0 Å². The summed E-state index contributed by atoms with van der Waals surface area (Å²) in [5, 5.41) is -0.356. The molecule has 0 radical (unpaired) electrons. The van der Waals surface area contributed by atoms with Crippen LogP contribution in [0.2, 0.25) is 0 Å². The molecule has 8 heteroatoms. The van der Waals surface area contributed by atoms with Crippen molar-refractivity contribution in [2.24, 2.45) is 5.92 Å². The van der Waals surface area contributed by atoms with Crippen LogP contribution in [0.4, 0.5) is 0 Å². The molecule has 0 fully saturated rings. The van der Waals surface area contributed by atoms with E-state index in [0.717, 1.165) is 0 Å². The molecule has 0 aromatic carbocycles. The molecular formula is C18H23ClO7. The number of hydrogen-bond donors (Lipinski definition) is 0. The Bertz CT molecular complexity index is 621. The van der Waals surface area contributed by atoms with Crippen LogP contribution < -0.4 is 0 Å². The number of Topliss-reactive ketones (excluding diaryl/α,β-unsaturated/α-hetero) is 2.